The molecule has 3 amide bonds. The van der Waals surface area contributed by atoms with Gasteiger partial charge < -0.3 is 16.4 Å². The fourth-order valence-electron chi connectivity index (χ4n) is 2.17. The molecule has 23 heavy (non-hydrogen) atoms. The predicted molar refractivity (Wildman–Crippen MR) is 92.4 cm³/mol. The molecule has 2 aromatic carbocycles. The van der Waals surface area contributed by atoms with Gasteiger partial charge in [-0.3, -0.25) is 4.79 Å². The van der Waals surface area contributed by atoms with Crippen LogP contribution in [0.5, 0.6) is 0 Å². The van der Waals surface area contributed by atoms with Crippen molar-refractivity contribution in [3.05, 3.63) is 53.1 Å². The number of hydrogen-bond acceptors (Lipinski definition) is 2. The van der Waals surface area contributed by atoms with Gasteiger partial charge in [-0.05, 0) is 54.8 Å². The van der Waals surface area contributed by atoms with Crippen molar-refractivity contribution < 1.29 is 9.59 Å². The summed E-state index contributed by atoms with van der Waals surface area (Å²) in [6.07, 6.45) is 0. The van der Waals surface area contributed by atoms with E-state index in [0.717, 1.165) is 16.7 Å². The van der Waals surface area contributed by atoms with E-state index in [0.29, 0.717) is 10.7 Å². The first kappa shape index (κ1) is 16.8. The maximum Gasteiger partial charge on any atom is 0.312 e. The molecule has 2 rings (SSSR count). The van der Waals surface area contributed by atoms with Gasteiger partial charge in [-0.15, -0.1) is 0 Å². The molecule has 0 saturated carbocycles. The molecular weight excluding hydrogens is 314 g/mol. The van der Waals surface area contributed by atoms with Crippen molar-refractivity contribution in [2.24, 2.45) is 5.73 Å². The Morgan fingerprint density at radius 3 is 2.43 bits per heavy atom. The van der Waals surface area contributed by atoms with E-state index in [1.54, 1.807) is 6.92 Å². The number of carbonyl (C=O) groups is 2. The van der Waals surface area contributed by atoms with E-state index in [-0.39, 0.29) is 5.91 Å². The lowest BCUT2D eigenvalue weighted by Gasteiger charge is -2.15. The van der Waals surface area contributed by atoms with Gasteiger partial charge in [-0.25, -0.2) is 4.79 Å². The van der Waals surface area contributed by atoms with Crippen LogP contribution in [0.2, 0.25) is 5.02 Å². The molecule has 5 nitrogen and oxygen atoms in total. The summed E-state index contributed by atoms with van der Waals surface area (Å²) in [5.74, 6) is -0.331. The Morgan fingerprint density at radius 2 is 1.83 bits per heavy atom. The number of carbonyl (C=O) groups excluding carboxylic acids is 2. The van der Waals surface area contributed by atoms with Crippen molar-refractivity contribution >= 4 is 29.2 Å². The maximum absolute atomic E-state index is 12.0. The third-order valence-electron chi connectivity index (χ3n) is 3.39. The van der Waals surface area contributed by atoms with E-state index in [4.69, 9.17) is 17.3 Å². The van der Waals surface area contributed by atoms with Crippen molar-refractivity contribution in [1.82, 2.24) is 5.32 Å². The third kappa shape index (κ3) is 4.47. The van der Waals surface area contributed by atoms with E-state index < -0.39 is 12.1 Å². The molecule has 0 aliphatic carbocycles. The zero-order chi connectivity index (χ0) is 17.0. The van der Waals surface area contributed by atoms with Crippen LogP contribution in [0.1, 0.15) is 12.5 Å². The van der Waals surface area contributed by atoms with Crippen molar-refractivity contribution in [2.45, 2.75) is 19.9 Å². The molecule has 4 N–H and O–H groups in total. The third-order valence-corrected chi connectivity index (χ3v) is 3.63. The summed E-state index contributed by atoms with van der Waals surface area (Å²) >= 11 is 6.01. The van der Waals surface area contributed by atoms with Crippen LogP contribution in [-0.4, -0.2) is 18.0 Å². The fraction of sp³-hybridized carbons (Fsp3) is 0.176. The summed E-state index contributed by atoms with van der Waals surface area (Å²) in [5.41, 5.74) is 8.60. The van der Waals surface area contributed by atoms with Crippen molar-refractivity contribution in [3.8, 4) is 11.1 Å². The zero-order valence-corrected chi connectivity index (χ0v) is 13.6. The molecule has 0 fully saturated rings. The van der Waals surface area contributed by atoms with Gasteiger partial charge in [0.1, 0.15) is 6.04 Å². The lowest BCUT2D eigenvalue weighted by atomic mass is 10.0. The Balaban J connectivity index is 2.17. The Bertz CT molecular complexity index is 746. The average molecular weight is 332 g/mol. The van der Waals surface area contributed by atoms with E-state index in [1.165, 1.54) is 0 Å². The summed E-state index contributed by atoms with van der Waals surface area (Å²) in [6, 6.07) is 11.8. The molecule has 0 aliphatic heterocycles. The largest absolute Gasteiger partial charge is 0.352 e. The molecular formula is C17H18ClN3O2. The topological polar surface area (TPSA) is 84.2 Å². The number of rotatable bonds is 4. The van der Waals surface area contributed by atoms with E-state index >= 15 is 0 Å². The number of aryl methyl sites for hydroxylation is 1. The maximum atomic E-state index is 12.0. The van der Waals surface area contributed by atoms with Gasteiger partial charge in [-0.1, -0.05) is 29.8 Å². The van der Waals surface area contributed by atoms with Crippen molar-refractivity contribution in [2.75, 3.05) is 5.32 Å². The molecule has 0 bridgehead atoms. The Kier molecular flexibility index (Phi) is 5.24. The molecule has 0 saturated heterocycles. The van der Waals surface area contributed by atoms with Gasteiger partial charge >= 0.3 is 6.03 Å². The van der Waals surface area contributed by atoms with Gasteiger partial charge in [0.15, 0.2) is 0 Å². The van der Waals surface area contributed by atoms with Crippen LogP contribution >= 0.6 is 11.6 Å². The Hall–Kier alpha value is -2.53. The van der Waals surface area contributed by atoms with Gasteiger partial charge in [0, 0.05) is 10.7 Å². The van der Waals surface area contributed by atoms with Gasteiger partial charge in [0.25, 0.3) is 0 Å². The number of amides is 3. The molecule has 0 aliphatic rings. The molecule has 0 unspecified atom stereocenters. The summed E-state index contributed by atoms with van der Waals surface area (Å²) in [5, 5.41) is 5.78. The average Bonchev–Trinajstić information content (AvgIpc) is 2.48. The molecule has 120 valence electrons. The second-order valence-corrected chi connectivity index (χ2v) is 5.70. The highest BCUT2D eigenvalue weighted by atomic mass is 35.5. The lowest BCUT2D eigenvalue weighted by molar-refractivity contribution is -0.117. The number of hydrogen-bond donors (Lipinski definition) is 3. The minimum atomic E-state index is -0.735. The molecule has 0 radical (unpaired) electrons. The van der Waals surface area contributed by atoms with Crippen LogP contribution in [-0.2, 0) is 4.79 Å². The highest BCUT2D eigenvalue weighted by Gasteiger charge is 2.15. The van der Waals surface area contributed by atoms with Crippen LogP contribution in [0.3, 0.4) is 0 Å². The molecule has 0 heterocycles. The molecule has 2 aromatic rings. The number of primary amides is 1. The first-order chi connectivity index (χ1) is 10.9. The molecule has 1 atom stereocenters. The Morgan fingerprint density at radius 1 is 1.13 bits per heavy atom. The Labute approximate surface area is 139 Å². The first-order valence-corrected chi connectivity index (χ1v) is 7.48. The van der Waals surface area contributed by atoms with Gasteiger partial charge in [0.05, 0.1) is 0 Å². The predicted octanol–water partition coefficient (Wildman–Crippen LogP) is 3.31. The number of nitrogens with one attached hydrogen (secondary N) is 2. The normalized spacial score (nSPS) is 11.6. The zero-order valence-electron chi connectivity index (χ0n) is 12.9. The summed E-state index contributed by atoms with van der Waals surface area (Å²) in [7, 11) is 0. The summed E-state index contributed by atoms with van der Waals surface area (Å²) in [6.45, 7) is 3.46. The van der Waals surface area contributed by atoms with Crippen molar-refractivity contribution in [3.63, 3.8) is 0 Å². The van der Waals surface area contributed by atoms with Crippen molar-refractivity contribution in [1.29, 1.82) is 0 Å². The monoisotopic (exact) mass is 331 g/mol. The standard InChI is InChI=1S/C17H18ClN3O2/c1-10-8-13(12-4-3-5-14(18)9-12)6-7-15(10)21-16(22)11(2)20-17(19)23/h3-9,11H,1-2H3,(H,21,22)(H3,19,20,23)/t11-/m0/s1. The minimum Gasteiger partial charge on any atom is -0.352 e. The van der Waals surface area contributed by atoms with Crippen LogP contribution in [0.4, 0.5) is 10.5 Å². The minimum absolute atomic E-state index is 0.331. The summed E-state index contributed by atoms with van der Waals surface area (Å²) in [4.78, 5) is 22.8. The van der Waals surface area contributed by atoms with Gasteiger partial charge in [0.2, 0.25) is 5.91 Å². The molecule has 0 aromatic heterocycles. The second-order valence-electron chi connectivity index (χ2n) is 5.26. The fourth-order valence-corrected chi connectivity index (χ4v) is 2.36. The number of benzene rings is 2. The van der Waals surface area contributed by atoms with Crippen LogP contribution in [0.15, 0.2) is 42.5 Å². The second kappa shape index (κ2) is 7.15. The smallest absolute Gasteiger partial charge is 0.312 e. The van der Waals surface area contributed by atoms with Crippen LogP contribution < -0.4 is 16.4 Å². The summed E-state index contributed by atoms with van der Waals surface area (Å²) < 4.78 is 0. The highest BCUT2D eigenvalue weighted by molar-refractivity contribution is 6.30. The number of anilines is 1. The number of nitrogens with two attached hydrogens (primary N) is 1. The lowest BCUT2D eigenvalue weighted by Crippen LogP contribution is -2.44. The first-order valence-electron chi connectivity index (χ1n) is 7.10. The molecule has 0 spiro atoms. The quantitative estimate of drug-likeness (QED) is 0.803. The van der Waals surface area contributed by atoms with E-state index in [2.05, 4.69) is 10.6 Å². The SMILES string of the molecule is Cc1cc(-c2cccc(Cl)c2)ccc1NC(=O)[C@H](C)NC(N)=O. The number of urea groups is 1. The molecule has 6 heteroatoms. The van der Waals surface area contributed by atoms with Gasteiger partial charge in [-0.2, -0.15) is 0 Å². The van der Waals surface area contributed by atoms with E-state index in [1.807, 2.05) is 49.4 Å². The van der Waals surface area contributed by atoms with Crippen LogP contribution in [0, 0.1) is 6.92 Å². The van der Waals surface area contributed by atoms with Crippen LogP contribution in [0.25, 0.3) is 11.1 Å². The number of halogens is 1. The van der Waals surface area contributed by atoms with E-state index in [9.17, 15) is 9.59 Å². The highest BCUT2D eigenvalue weighted by Crippen LogP contribution is 2.26.